The molecule has 2 aromatic carbocycles. The third-order valence-electron chi connectivity index (χ3n) is 6.30. The lowest BCUT2D eigenvalue weighted by atomic mass is 9.83. The van der Waals surface area contributed by atoms with Crippen molar-refractivity contribution >= 4 is 17.6 Å². The van der Waals surface area contributed by atoms with E-state index in [0.29, 0.717) is 24.4 Å². The number of carboxylic acids is 1. The van der Waals surface area contributed by atoms with Crippen LogP contribution >= 0.6 is 11.6 Å². The zero-order chi connectivity index (χ0) is 19.8. The second kappa shape index (κ2) is 7.79. The number of aryl methyl sites for hydroxylation is 1. The molecule has 0 aliphatic heterocycles. The lowest BCUT2D eigenvalue weighted by Gasteiger charge is -2.21. The van der Waals surface area contributed by atoms with Gasteiger partial charge in [-0.3, -0.25) is 4.79 Å². The minimum atomic E-state index is -0.720. The van der Waals surface area contributed by atoms with Gasteiger partial charge in [-0.25, -0.2) is 0 Å². The van der Waals surface area contributed by atoms with Gasteiger partial charge in [0.05, 0.1) is 12.5 Å². The van der Waals surface area contributed by atoms with E-state index in [4.69, 9.17) is 16.3 Å². The highest BCUT2D eigenvalue weighted by Crippen LogP contribution is 2.49. The van der Waals surface area contributed by atoms with E-state index in [-0.39, 0.29) is 11.8 Å². The summed E-state index contributed by atoms with van der Waals surface area (Å²) in [7, 11) is 0. The number of carboxylic acid groups (broad SMARTS) is 1. The van der Waals surface area contributed by atoms with E-state index in [2.05, 4.69) is 12.1 Å². The van der Waals surface area contributed by atoms with Gasteiger partial charge in [0.1, 0.15) is 5.75 Å². The summed E-state index contributed by atoms with van der Waals surface area (Å²) in [5, 5.41) is 10.3. The SMILES string of the molecule is Cc1cc([C@H]2C[C@@H]2COc2cccc([C@H](C3CC3)[C@H](C)C(=O)O)c2)ccc1Cl. The first-order valence-electron chi connectivity index (χ1n) is 10.2. The Bertz CT molecular complexity index is 874. The molecule has 0 saturated heterocycles. The van der Waals surface area contributed by atoms with Crippen LogP contribution in [-0.2, 0) is 4.79 Å². The van der Waals surface area contributed by atoms with E-state index in [1.54, 1.807) is 0 Å². The van der Waals surface area contributed by atoms with Gasteiger partial charge in [0.2, 0.25) is 0 Å². The predicted octanol–water partition coefficient (Wildman–Crippen LogP) is 6.05. The molecule has 1 N–H and O–H groups in total. The highest BCUT2D eigenvalue weighted by molar-refractivity contribution is 6.31. The number of aliphatic carboxylic acids is 1. The molecule has 28 heavy (non-hydrogen) atoms. The molecule has 2 aromatic rings. The zero-order valence-electron chi connectivity index (χ0n) is 16.4. The summed E-state index contributed by atoms with van der Waals surface area (Å²) in [6.45, 7) is 4.56. The number of benzene rings is 2. The van der Waals surface area contributed by atoms with Gasteiger partial charge in [0.15, 0.2) is 0 Å². The topological polar surface area (TPSA) is 46.5 Å². The molecule has 2 fully saturated rings. The molecule has 0 aromatic heterocycles. The summed E-state index contributed by atoms with van der Waals surface area (Å²) in [5.41, 5.74) is 3.56. The van der Waals surface area contributed by atoms with Gasteiger partial charge in [-0.15, -0.1) is 0 Å². The molecule has 2 aliphatic rings. The Morgan fingerprint density at radius 3 is 2.71 bits per heavy atom. The molecule has 4 atom stereocenters. The van der Waals surface area contributed by atoms with E-state index < -0.39 is 5.97 Å². The quantitative estimate of drug-likeness (QED) is 0.589. The van der Waals surface area contributed by atoms with Gasteiger partial charge < -0.3 is 9.84 Å². The summed E-state index contributed by atoms with van der Waals surface area (Å²) in [4.78, 5) is 11.5. The molecule has 0 bridgehead atoms. The van der Waals surface area contributed by atoms with Gasteiger partial charge in [0, 0.05) is 10.9 Å². The molecule has 148 valence electrons. The molecule has 0 heterocycles. The van der Waals surface area contributed by atoms with E-state index in [0.717, 1.165) is 41.2 Å². The fourth-order valence-electron chi connectivity index (χ4n) is 4.33. The second-order valence-electron chi connectivity index (χ2n) is 8.48. The predicted molar refractivity (Wildman–Crippen MR) is 111 cm³/mol. The van der Waals surface area contributed by atoms with Crippen LogP contribution < -0.4 is 4.74 Å². The van der Waals surface area contributed by atoms with Crippen molar-refractivity contribution in [1.82, 2.24) is 0 Å². The Morgan fingerprint density at radius 1 is 1.25 bits per heavy atom. The molecule has 0 amide bonds. The van der Waals surface area contributed by atoms with Crippen molar-refractivity contribution in [2.45, 2.75) is 44.9 Å². The molecule has 0 radical (unpaired) electrons. The van der Waals surface area contributed by atoms with Crippen molar-refractivity contribution in [3.63, 3.8) is 0 Å². The van der Waals surface area contributed by atoms with E-state index in [1.807, 2.05) is 44.2 Å². The first-order chi connectivity index (χ1) is 13.4. The van der Waals surface area contributed by atoms with Crippen LogP contribution in [0.4, 0.5) is 0 Å². The Morgan fingerprint density at radius 2 is 2.04 bits per heavy atom. The maximum atomic E-state index is 11.5. The van der Waals surface area contributed by atoms with E-state index in [9.17, 15) is 9.90 Å². The Hall–Kier alpha value is -2.00. The molecule has 2 saturated carbocycles. The molecule has 3 nitrogen and oxygen atoms in total. The van der Waals surface area contributed by atoms with Crippen LogP contribution in [0.2, 0.25) is 5.02 Å². The highest BCUT2D eigenvalue weighted by Gasteiger charge is 2.40. The molecular weight excluding hydrogens is 372 g/mol. The number of hydrogen-bond donors (Lipinski definition) is 1. The average molecular weight is 399 g/mol. The highest BCUT2D eigenvalue weighted by atomic mass is 35.5. The third kappa shape index (κ3) is 4.20. The van der Waals surface area contributed by atoms with Crippen LogP contribution in [0.3, 0.4) is 0 Å². The van der Waals surface area contributed by atoms with Crippen LogP contribution in [-0.4, -0.2) is 17.7 Å². The summed E-state index contributed by atoms with van der Waals surface area (Å²) >= 11 is 6.13. The lowest BCUT2D eigenvalue weighted by Crippen LogP contribution is -2.20. The largest absolute Gasteiger partial charge is 0.493 e. The second-order valence-corrected chi connectivity index (χ2v) is 8.89. The van der Waals surface area contributed by atoms with E-state index >= 15 is 0 Å². The van der Waals surface area contributed by atoms with Crippen molar-refractivity contribution in [2.24, 2.45) is 17.8 Å². The molecule has 4 rings (SSSR count). The number of halogens is 1. The fraction of sp³-hybridized carbons (Fsp3) is 0.458. The number of carbonyl (C=O) groups is 1. The first-order valence-corrected chi connectivity index (χ1v) is 10.5. The van der Waals surface area contributed by atoms with Crippen LogP contribution in [0, 0.1) is 24.7 Å². The Balaban J connectivity index is 1.39. The monoisotopic (exact) mass is 398 g/mol. The van der Waals surface area contributed by atoms with E-state index in [1.165, 1.54) is 5.56 Å². The van der Waals surface area contributed by atoms with Crippen molar-refractivity contribution in [1.29, 1.82) is 0 Å². The van der Waals surface area contributed by atoms with Crippen LogP contribution in [0.15, 0.2) is 42.5 Å². The summed E-state index contributed by atoms with van der Waals surface area (Å²) in [6.07, 6.45) is 3.39. The van der Waals surface area contributed by atoms with Gasteiger partial charge in [-0.1, -0.05) is 42.8 Å². The number of hydrogen-bond acceptors (Lipinski definition) is 2. The molecule has 4 heteroatoms. The van der Waals surface area contributed by atoms with Crippen LogP contribution in [0.5, 0.6) is 5.75 Å². The van der Waals surface area contributed by atoms with Crippen molar-refractivity contribution in [2.75, 3.05) is 6.61 Å². The third-order valence-corrected chi connectivity index (χ3v) is 6.72. The summed E-state index contributed by atoms with van der Waals surface area (Å²) in [6, 6.07) is 14.3. The molecule has 2 aliphatic carbocycles. The smallest absolute Gasteiger partial charge is 0.306 e. The van der Waals surface area contributed by atoms with Gasteiger partial charge in [0.25, 0.3) is 0 Å². The van der Waals surface area contributed by atoms with Gasteiger partial charge in [-0.2, -0.15) is 0 Å². The standard InChI is InChI=1S/C24H27ClO3/c1-14-10-17(8-9-22(14)25)21-12-19(21)13-28-20-5-3-4-18(11-20)23(16-6-7-16)15(2)24(26)27/h3-5,8-11,15-16,19,21,23H,6-7,12-13H2,1-2H3,(H,26,27)/t15-,19+,21+,23-/m0/s1. The number of rotatable bonds is 8. The maximum absolute atomic E-state index is 11.5. The zero-order valence-corrected chi connectivity index (χ0v) is 17.2. The molecule has 0 spiro atoms. The maximum Gasteiger partial charge on any atom is 0.306 e. The average Bonchev–Trinajstić information content (AvgIpc) is 3.58. The lowest BCUT2D eigenvalue weighted by molar-refractivity contribution is -0.142. The summed E-state index contributed by atoms with van der Waals surface area (Å²) < 4.78 is 6.09. The first kappa shape index (κ1) is 19.3. The Kier molecular flexibility index (Phi) is 5.37. The van der Waals surface area contributed by atoms with Crippen molar-refractivity contribution in [3.8, 4) is 5.75 Å². The van der Waals surface area contributed by atoms with Crippen molar-refractivity contribution in [3.05, 3.63) is 64.2 Å². The van der Waals surface area contributed by atoms with Gasteiger partial charge in [-0.05, 0) is 78.8 Å². The summed E-state index contributed by atoms with van der Waals surface area (Å²) in [5.74, 6) is 1.39. The van der Waals surface area contributed by atoms with Crippen LogP contribution in [0.1, 0.15) is 54.7 Å². The molecular formula is C24H27ClO3. The molecule has 0 unspecified atom stereocenters. The number of ether oxygens (including phenoxy) is 1. The van der Waals surface area contributed by atoms with Gasteiger partial charge >= 0.3 is 5.97 Å². The fourth-order valence-corrected chi connectivity index (χ4v) is 4.45. The van der Waals surface area contributed by atoms with Crippen molar-refractivity contribution < 1.29 is 14.6 Å². The minimum absolute atomic E-state index is 0.0757. The minimum Gasteiger partial charge on any atom is -0.493 e. The normalized spacial score (nSPS) is 23.1. The Labute approximate surface area is 171 Å². The van der Waals surface area contributed by atoms with Crippen LogP contribution in [0.25, 0.3) is 0 Å².